The fraction of sp³-hybridized carbons (Fsp3) is 0.118. The lowest BCUT2D eigenvalue weighted by molar-refractivity contribution is 0.729. The molecule has 118 valence electrons. The molecule has 0 aliphatic rings. The molecule has 0 spiro atoms. The summed E-state index contributed by atoms with van der Waals surface area (Å²) in [5.74, 6) is 1.41. The van der Waals surface area contributed by atoms with Crippen LogP contribution in [0.25, 0.3) is 11.5 Å². The van der Waals surface area contributed by atoms with Crippen LogP contribution >= 0.6 is 11.8 Å². The van der Waals surface area contributed by atoms with Gasteiger partial charge < -0.3 is 0 Å². The van der Waals surface area contributed by atoms with E-state index in [1.165, 1.54) is 0 Å². The molecule has 0 saturated heterocycles. The van der Waals surface area contributed by atoms with Crippen molar-refractivity contribution in [3.8, 4) is 17.6 Å². The molecule has 0 saturated carbocycles. The van der Waals surface area contributed by atoms with Crippen molar-refractivity contribution >= 4 is 11.8 Å². The minimum absolute atomic E-state index is 0.592. The summed E-state index contributed by atoms with van der Waals surface area (Å²) >= 11 is 1.58. The van der Waals surface area contributed by atoms with E-state index >= 15 is 0 Å². The summed E-state index contributed by atoms with van der Waals surface area (Å²) in [6.07, 6.45) is 6.72. The van der Waals surface area contributed by atoms with Gasteiger partial charge in [-0.15, -0.1) is 16.8 Å². The average molecular weight is 334 g/mol. The predicted octanol–water partition coefficient (Wildman–Crippen LogP) is 3.09. The van der Waals surface area contributed by atoms with Crippen molar-refractivity contribution in [1.29, 1.82) is 5.26 Å². The van der Waals surface area contributed by atoms with E-state index in [1.54, 1.807) is 36.4 Å². The monoisotopic (exact) mass is 334 g/mol. The van der Waals surface area contributed by atoms with Crippen LogP contribution in [0, 0.1) is 11.3 Å². The first-order valence-corrected chi connectivity index (χ1v) is 8.22. The number of benzene rings is 1. The van der Waals surface area contributed by atoms with Gasteiger partial charge in [-0.05, 0) is 17.7 Å². The van der Waals surface area contributed by atoms with Gasteiger partial charge in [0, 0.05) is 24.7 Å². The van der Waals surface area contributed by atoms with Crippen molar-refractivity contribution < 1.29 is 0 Å². The maximum atomic E-state index is 8.85. The molecule has 1 aromatic carbocycles. The molecule has 0 N–H and O–H groups in total. The van der Waals surface area contributed by atoms with E-state index < -0.39 is 0 Å². The molecule has 0 atom stereocenters. The average Bonchev–Trinajstić information content (AvgIpc) is 3.04. The van der Waals surface area contributed by atoms with E-state index in [0.29, 0.717) is 23.6 Å². The first-order valence-electron chi connectivity index (χ1n) is 7.24. The van der Waals surface area contributed by atoms with E-state index in [1.807, 2.05) is 28.8 Å². The van der Waals surface area contributed by atoms with Gasteiger partial charge in [0.05, 0.1) is 17.8 Å². The SMILES string of the molecule is C=CCn1c(SCc2ccc(C#N)cc2)nnc1-c1cnccn1. The number of nitriles is 1. The van der Waals surface area contributed by atoms with Gasteiger partial charge in [-0.25, -0.2) is 4.98 Å². The Balaban J connectivity index is 1.81. The molecule has 0 unspecified atom stereocenters. The zero-order valence-corrected chi connectivity index (χ0v) is 13.6. The minimum atomic E-state index is 0.592. The molecular formula is C17H14N6S. The molecule has 0 bridgehead atoms. The first kappa shape index (κ1) is 15.9. The van der Waals surface area contributed by atoms with Crippen LogP contribution in [-0.4, -0.2) is 24.7 Å². The Morgan fingerprint density at radius 3 is 2.71 bits per heavy atom. The van der Waals surface area contributed by atoms with Gasteiger partial charge in [-0.3, -0.25) is 9.55 Å². The molecule has 7 heteroatoms. The van der Waals surface area contributed by atoms with Crippen LogP contribution < -0.4 is 0 Å². The third-order valence-electron chi connectivity index (χ3n) is 3.27. The van der Waals surface area contributed by atoms with Crippen molar-refractivity contribution in [2.75, 3.05) is 0 Å². The summed E-state index contributed by atoms with van der Waals surface area (Å²) in [6, 6.07) is 9.64. The molecule has 3 rings (SSSR count). The Labute approximate surface area is 143 Å². The highest BCUT2D eigenvalue weighted by Gasteiger charge is 2.14. The Bertz CT molecular complexity index is 864. The predicted molar refractivity (Wildman–Crippen MR) is 92.0 cm³/mol. The molecular weight excluding hydrogens is 320 g/mol. The molecule has 0 aliphatic carbocycles. The van der Waals surface area contributed by atoms with E-state index in [9.17, 15) is 0 Å². The number of aromatic nitrogens is 5. The van der Waals surface area contributed by atoms with Crippen molar-refractivity contribution in [1.82, 2.24) is 24.7 Å². The smallest absolute Gasteiger partial charge is 0.192 e. The molecule has 2 heterocycles. The van der Waals surface area contributed by atoms with E-state index in [-0.39, 0.29) is 0 Å². The number of rotatable bonds is 6. The number of hydrogen-bond acceptors (Lipinski definition) is 6. The van der Waals surface area contributed by atoms with Crippen LogP contribution in [0.5, 0.6) is 0 Å². The van der Waals surface area contributed by atoms with Crippen LogP contribution in [0.15, 0.2) is 60.7 Å². The van der Waals surface area contributed by atoms with E-state index in [4.69, 9.17) is 5.26 Å². The maximum Gasteiger partial charge on any atom is 0.192 e. The van der Waals surface area contributed by atoms with Crippen molar-refractivity contribution in [2.45, 2.75) is 17.5 Å². The van der Waals surface area contributed by atoms with Crippen molar-refractivity contribution in [3.63, 3.8) is 0 Å². The van der Waals surface area contributed by atoms with Crippen LogP contribution in [0.2, 0.25) is 0 Å². The molecule has 0 radical (unpaired) electrons. The summed E-state index contributed by atoms with van der Waals surface area (Å²) < 4.78 is 1.96. The van der Waals surface area contributed by atoms with Crippen LogP contribution in [0.3, 0.4) is 0 Å². The fourth-order valence-electron chi connectivity index (χ4n) is 2.12. The van der Waals surface area contributed by atoms with Gasteiger partial charge in [0.15, 0.2) is 11.0 Å². The zero-order valence-electron chi connectivity index (χ0n) is 12.8. The topological polar surface area (TPSA) is 80.3 Å². The van der Waals surface area contributed by atoms with Gasteiger partial charge in [-0.2, -0.15) is 5.26 Å². The first-order chi connectivity index (χ1) is 11.8. The highest BCUT2D eigenvalue weighted by Crippen LogP contribution is 2.25. The summed E-state index contributed by atoms with van der Waals surface area (Å²) in [5.41, 5.74) is 2.45. The van der Waals surface area contributed by atoms with E-state index in [2.05, 4.69) is 32.8 Å². The van der Waals surface area contributed by atoms with Gasteiger partial charge in [0.25, 0.3) is 0 Å². The lowest BCUT2D eigenvalue weighted by Gasteiger charge is -2.07. The Morgan fingerprint density at radius 2 is 2.04 bits per heavy atom. The second-order valence-corrected chi connectivity index (χ2v) is 5.84. The molecule has 24 heavy (non-hydrogen) atoms. The summed E-state index contributed by atoms with van der Waals surface area (Å²) in [6.45, 7) is 4.39. The second kappa shape index (κ2) is 7.53. The van der Waals surface area contributed by atoms with Crippen LogP contribution in [0.1, 0.15) is 11.1 Å². The number of hydrogen-bond donors (Lipinski definition) is 0. The quantitative estimate of drug-likeness (QED) is 0.509. The molecule has 3 aromatic rings. The van der Waals surface area contributed by atoms with Crippen molar-refractivity contribution in [2.24, 2.45) is 0 Å². The summed E-state index contributed by atoms with van der Waals surface area (Å²) in [5, 5.41) is 18.1. The lowest BCUT2D eigenvalue weighted by Crippen LogP contribution is -2.01. The van der Waals surface area contributed by atoms with Crippen LogP contribution in [0.4, 0.5) is 0 Å². The zero-order chi connectivity index (χ0) is 16.8. The van der Waals surface area contributed by atoms with E-state index in [0.717, 1.165) is 16.5 Å². The highest BCUT2D eigenvalue weighted by atomic mass is 32.2. The highest BCUT2D eigenvalue weighted by molar-refractivity contribution is 7.98. The number of nitrogens with zero attached hydrogens (tertiary/aromatic N) is 6. The Kier molecular flexibility index (Phi) is 4.99. The maximum absolute atomic E-state index is 8.85. The second-order valence-electron chi connectivity index (χ2n) is 4.89. The molecule has 0 fully saturated rings. The number of allylic oxidation sites excluding steroid dienone is 1. The van der Waals surface area contributed by atoms with Gasteiger partial charge in [0.1, 0.15) is 5.69 Å². The van der Waals surface area contributed by atoms with Crippen LogP contribution in [-0.2, 0) is 12.3 Å². The third-order valence-corrected chi connectivity index (χ3v) is 4.31. The Morgan fingerprint density at radius 1 is 1.21 bits per heavy atom. The third kappa shape index (κ3) is 3.50. The normalized spacial score (nSPS) is 10.3. The Hall–Kier alpha value is -2.98. The minimum Gasteiger partial charge on any atom is -0.297 e. The largest absolute Gasteiger partial charge is 0.297 e. The number of thioether (sulfide) groups is 1. The lowest BCUT2D eigenvalue weighted by atomic mass is 10.2. The summed E-state index contributed by atoms with van der Waals surface area (Å²) in [7, 11) is 0. The fourth-order valence-corrected chi connectivity index (χ4v) is 3.02. The molecule has 0 amide bonds. The molecule has 2 aromatic heterocycles. The van der Waals surface area contributed by atoms with Gasteiger partial charge in [-0.1, -0.05) is 30.0 Å². The van der Waals surface area contributed by atoms with Crippen molar-refractivity contribution in [3.05, 3.63) is 66.6 Å². The van der Waals surface area contributed by atoms with Gasteiger partial charge in [0.2, 0.25) is 0 Å². The standard InChI is InChI=1S/C17H14N6S/c1-2-9-23-16(15-11-19-7-8-20-15)21-22-17(23)24-12-14-5-3-13(10-18)4-6-14/h2-8,11H,1,9,12H2. The summed E-state index contributed by atoms with van der Waals surface area (Å²) in [4.78, 5) is 8.36. The molecule has 0 aliphatic heterocycles. The van der Waals surface area contributed by atoms with Gasteiger partial charge >= 0.3 is 0 Å². The molecule has 6 nitrogen and oxygen atoms in total.